The second-order valence-electron chi connectivity index (χ2n) is 24.6. The van der Waals surface area contributed by atoms with Crippen molar-refractivity contribution in [3.8, 4) is 0 Å². The molecule has 3 aliphatic heterocycles. The molecule has 3 saturated heterocycles. The summed E-state index contributed by atoms with van der Waals surface area (Å²) in [5.41, 5.74) is 0. The van der Waals surface area contributed by atoms with E-state index in [0.29, 0.717) is 12.8 Å². The number of ether oxygens (including phenoxy) is 6. The van der Waals surface area contributed by atoms with Gasteiger partial charge < -0.3 is 89.9 Å². The zero-order valence-electron chi connectivity index (χ0n) is 53.9. The van der Waals surface area contributed by atoms with Crippen LogP contribution in [-0.4, -0.2) is 193 Å². The maximum absolute atomic E-state index is 13.4. The lowest BCUT2D eigenvalue weighted by atomic mass is 9.96. The van der Waals surface area contributed by atoms with Gasteiger partial charge in [0.05, 0.1) is 38.6 Å². The summed E-state index contributed by atoms with van der Waals surface area (Å²) in [6.45, 7) is 1.70. The number of hydrogen-bond donors (Lipinski definition) is 12. The molecular weight excluding hydrogens is 1130 g/mol. The molecule has 0 bridgehead atoms. The fourth-order valence-electron chi connectivity index (χ4n) is 11.4. The van der Waals surface area contributed by atoms with Gasteiger partial charge in [0.2, 0.25) is 5.91 Å². The van der Waals surface area contributed by atoms with Crippen LogP contribution in [0.25, 0.3) is 0 Å². The predicted octanol–water partition coefficient (Wildman–Crippen LogP) is 8.77. The fraction of sp³-hybridized carbons (Fsp3) is 0.841. The Kier molecular flexibility index (Phi) is 46.2. The average Bonchev–Trinajstić information content (AvgIpc) is 3.71. The van der Waals surface area contributed by atoms with Crippen molar-refractivity contribution in [1.82, 2.24) is 5.32 Å². The molecule has 17 unspecified atom stereocenters. The third kappa shape index (κ3) is 32.9. The molecule has 3 fully saturated rings. The summed E-state index contributed by atoms with van der Waals surface area (Å²) < 4.78 is 34.3. The number of nitrogens with one attached hydrogen (secondary N) is 1. The maximum atomic E-state index is 13.4. The third-order valence-electron chi connectivity index (χ3n) is 17.0. The Morgan fingerprint density at radius 3 is 1.22 bits per heavy atom. The smallest absolute Gasteiger partial charge is 0.220 e. The molecule has 512 valence electrons. The summed E-state index contributed by atoms with van der Waals surface area (Å²) >= 11 is 0. The molecule has 1 amide bonds. The van der Waals surface area contributed by atoms with Crippen LogP contribution in [0.3, 0.4) is 0 Å². The highest BCUT2D eigenvalue weighted by atomic mass is 16.8. The van der Waals surface area contributed by atoms with Crippen LogP contribution in [0.5, 0.6) is 0 Å². The number of aliphatic hydroxyl groups is 11. The number of aliphatic hydroxyl groups excluding tert-OH is 11. The van der Waals surface area contributed by atoms with Gasteiger partial charge in [-0.05, 0) is 70.6 Å². The Bertz CT molecular complexity index is 1830. The highest BCUT2D eigenvalue weighted by Crippen LogP contribution is 2.33. The summed E-state index contributed by atoms with van der Waals surface area (Å²) in [6, 6.07) is -0.997. The van der Waals surface area contributed by atoms with Gasteiger partial charge in [0.25, 0.3) is 0 Å². The van der Waals surface area contributed by atoms with Crippen LogP contribution in [0.15, 0.2) is 60.8 Å². The summed E-state index contributed by atoms with van der Waals surface area (Å²) in [5.74, 6) is -0.293. The van der Waals surface area contributed by atoms with Crippen molar-refractivity contribution in [2.75, 3.05) is 26.4 Å². The van der Waals surface area contributed by atoms with Crippen molar-refractivity contribution in [1.29, 1.82) is 0 Å². The minimum Gasteiger partial charge on any atom is -0.394 e. The molecule has 0 spiro atoms. The lowest BCUT2D eigenvalue weighted by Gasteiger charge is -2.48. The van der Waals surface area contributed by atoms with Crippen LogP contribution in [0.2, 0.25) is 0 Å². The molecule has 12 N–H and O–H groups in total. The van der Waals surface area contributed by atoms with Crippen LogP contribution in [0.4, 0.5) is 0 Å². The molecule has 0 aromatic heterocycles. The van der Waals surface area contributed by atoms with E-state index in [1.807, 2.05) is 6.08 Å². The Hall–Kier alpha value is -2.51. The molecule has 0 aliphatic carbocycles. The second kappa shape index (κ2) is 51.0. The highest BCUT2D eigenvalue weighted by Gasteiger charge is 2.53. The molecule has 3 aliphatic rings. The van der Waals surface area contributed by atoms with Gasteiger partial charge in [-0.2, -0.15) is 0 Å². The molecule has 17 atom stereocenters. The monoisotopic (exact) mass is 1250 g/mol. The minimum absolute atomic E-state index is 0.225. The molecule has 19 heteroatoms. The quantitative estimate of drug-likeness (QED) is 0.0200. The first-order valence-electron chi connectivity index (χ1n) is 34.5. The van der Waals surface area contributed by atoms with Crippen LogP contribution in [0.1, 0.15) is 239 Å². The van der Waals surface area contributed by atoms with Crippen LogP contribution in [0, 0.1) is 0 Å². The van der Waals surface area contributed by atoms with Gasteiger partial charge in [-0.25, -0.2) is 0 Å². The molecule has 3 rings (SSSR count). The van der Waals surface area contributed by atoms with E-state index >= 15 is 0 Å². The van der Waals surface area contributed by atoms with E-state index in [9.17, 15) is 61.0 Å². The van der Waals surface area contributed by atoms with E-state index < -0.39 is 124 Å². The SMILES string of the molecule is CCCCCCC/C=C\C/C=C\C/C=C\CCCCCCCCCCC(=O)NC(COC1OC(CO)C(OC2OC(CO)C(OC3OC(CO)C(O)C(O)C3O)C(O)C2O)C(O)C1O)C(O)/C=C/CC/C=C/CCCCCCCCCCCCCCCC. The topological polar surface area (TPSA) is 307 Å². The lowest BCUT2D eigenvalue weighted by molar-refractivity contribution is -0.379. The fourth-order valence-corrected chi connectivity index (χ4v) is 11.4. The van der Waals surface area contributed by atoms with Gasteiger partial charge in [-0.15, -0.1) is 0 Å². The predicted molar refractivity (Wildman–Crippen MR) is 342 cm³/mol. The summed E-state index contributed by atoms with van der Waals surface area (Å²) in [4.78, 5) is 13.4. The number of hydrogen-bond acceptors (Lipinski definition) is 18. The molecule has 88 heavy (non-hydrogen) atoms. The Morgan fingerprint density at radius 2 is 0.761 bits per heavy atom. The zero-order chi connectivity index (χ0) is 64.0. The number of allylic oxidation sites excluding steroid dienone is 9. The van der Waals surface area contributed by atoms with Gasteiger partial charge >= 0.3 is 0 Å². The molecule has 0 radical (unpaired) electrons. The van der Waals surface area contributed by atoms with E-state index in [0.717, 1.165) is 64.2 Å². The van der Waals surface area contributed by atoms with Crippen molar-refractivity contribution >= 4 is 5.91 Å². The standard InChI is InChI=1S/C69H123NO18/c1-3-5-7-9-11-13-15-17-19-21-23-25-26-27-29-31-33-35-37-39-41-43-45-47-57(75)70-52(53(74)46-44-42-40-38-36-34-32-30-28-24-22-20-18-16-14-12-10-8-6-4-2)51-83-67-63(81)60(78)65(55(49-72)85-67)88-69-64(82)61(79)66(56(50-73)86-69)87-68-62(80)59(77)58(76)54(48-71)84-68/h15,17,21,23,26-27,36,38,44,46,52-56,58-69,71-74,76-82H,3-14,16,18-20,22,24-25,28-35,37,39-43,45,47-51H2,1-2H3,(H,70,75)/b17-15-,23-21-,27-26-,38-36+,46-44+. The van der Waals surface area contributed by atoms with Gasteiger partial charge in [0.1, 0.15) is 73.2 Å². The summed E-state index contributed by atoms with van der Waals surface area (Å²) in [5, 5.41) is 120. The second-order valence-corrected chi connectivity index (χ2v) is 24.6. The van der Waals surface area contributed by atoms with Crippen LogP contribution in [-0.2, 0) is 33.2 Å². The number of unbranched alkanes of at least 4 members (excludes halogenated alkanes) is 28. The summed E-state index contributed by atoms with van der Waals surface area (Å²) in [7, 11) is 0. The van der Waals surface area contributed by atoms with E-state index in [1.54, 1.807) is 6.08 Å². The molecular formula is C69H123NO18. The van der Waals surface area contributed by atoms with Gasteiger partial charge in [-0.3, -0.25) is 4.79 Å². The largest absolute Gasteiger partial charge is 0.394 e. The molecule has 0 aromatic carbocycles. The molecule has 0 aromatic rings. The highest BCUT2D eigenvalue weighted by molar-refractivity contribution is 5.76. The lowest BCUT2D eigenvalue weighted by Crippen LogP contribution is -2.66. The van der Waals surface area contributed by atoms with Gasteiger partial charge in [0.15, 0.2) is 18.9 Å². The van der Waals surface area contributed by atoms with Gasteiger partial charge in [-0.1, -0.05) is 222 Å². The third-order valence-corrected chi connectivity index (χ3v) is 17.0. The molecule has 3 heterocycles. The van der Waals surface area contributed by atoms with Crippen molar-refractivity contribution < 1.29 is 89.4 Å². The Labute approximate surface area is 528 Å². The summed E-state index contributed by atoms with van der Waals surface area (Å²) in [6.07, 6.45) is 34.7. The van der Waals surface area contributed by atoms with Crippen molar-refractivity contribution in [3.05, 3.63) is 60.8 Å². The van der Waals surface area contributed by atoms with Crippen LogP contribution < -0.4 is 5.32 Å². The van der Waals surface area contributed by atoms with Crippen molar-refractivity contribution in [2.45, 2.75) is 343 Å². The molecule has 0 saturated carbocycles. The van der Waals surface area contributed by atoms with E-state index in [2.05, 4.69) is 67.8 Å². The first kappa shape index (κ1) is 79.7. The minimum atomic E-state index is -1.98. The van der Waals surface area contributed by atoms with E-state index in [1.165, 1.54) is 141 Å². The number of carbonyl (C=O) groups excluding carboxylic acids is 1. The molecule has 19 nitrogen and oxygen atoms in total. The first-order chi connectivity index (χ1) is 42.8. The normalized spacial score (nSPS) is 28.8. The maximum Gasteiger partial charge on any atom is 0.220 e. The van der Waals surface area contributed by atoms with E-state index in [-0.39, 0.29) is 18.9 Å². The zero-order valence-corrected chi connectivity index (χ0v) is 53.9. The number of rotatable bonds is 52. The van der Waals surface area contributed by atoms with E-state index in [4.69, 9.17) is 28.4 Å². The van der Waals surface area contributed by atoms with Crippen molar-refractivity contribution in [3.63, 3.8) is 0 Å². The average molecular weight is 1250 g/mol. The number of amides is 1. The van der Waals surface area contributed by atoms with Crippen LogP contribution >= 0.6 is 0 Å². The van der Waals surface area contributed by atoms with Gasteiger partial charge in [0, 0.05) is 6.42 Å². The Balaban J connectivity index is 1.47. The van der Waals surface area contributed by atoms with Crippen molar-refractivity contribution in [2.24, 2.45) is 0 Å². The number of carbonyl (C=O) groups is 1. The Morgan fingerprint density at radius 1 is 0.409 bits per heavy atom. The first-order valence-corrected chi connectivity index (χ1v) is 34.5.